The normalized spacial score (nSPS) is 11.5. The van der Waals surface area contributed by atoms with Gasteiger partial charge in [0.15, 0.2) is 0 Å². The Balaban J connectivity index is 1.71. The fourth-order valence-corrected chi connectivity index (χ4v) is 3.30. The second kappa shape index (κ2) is 7.71. The lowest BCUT2D eigenvalue weighted by Crippen LogP contribution is -2.12. The van der Waals surface area contributed by atoms with E-state index in [-0.39, 0.29) is 5.41 Å². The molecular formula is C24H26N4O2. The van der Waals surface area contributed by atoms with Crippen LogP contribution in [0, 0.1) is 6.92 Å². The summed E-state index contributed by atoms with van der Waals surface area (Å²) in [5.41, 5.74) is 4.76. The third-order valence-electron chi connectivity index (χ3n) is 4.84. The first-order chi connectivity index (χ1) is 14.3. The summed E-state index contributed by atoms with van der Waals surface area (Å²) in [6.07, 6.45) is 0. The number of pyridine rings is 1. The predicted molar refractivity (Wildman–Crippen MR) is 120 cm³/mol. The zero-order chi connectivity index (χ0) is 21.3. The van der Waals surface area contributed by atoms with Crippen LogP contribution in [0.15, 0.2) is 54.6 Å². The number of methoxy groups -OCH3 is 1. The molecule has 0 saturated carbocycles. The number of aryl methyl sites for hydroxylation is 1. The Bertz CT molecular complexity index is 1190. The number of imidazole rings is 1. The lowest BCUT2D eigenvalue weighted by atomic mass is 9.86. The van der Waals surface area contributed by atoms with Gasteiger partial charge in [0.05, 0.1) is 18.1 Å². The second-order valence-electron chi connectivity index (χ2n) is 8.29. The molecule has 0 amide bonds. The quantitative estimate of drug-likeness (QED) is 0.421. The van der Waals surface area contributed by atoms with Crippen LogP contribution in [0.5, 0.6) is 17.5 Å². The van der Waals surface area contributed by atoms with E-state index in [1.54, 1.807) is 13.2 Å². The highest BCUT2D eigenvalue weighted by molar-refractivity contribution is 5.79. The van der Waals surface area contributed by atoms with Crippen LogP contribution in [0.4, 0.5) is 11.6 Å². The van der Waals surface area contributed by atoms with E-state index in [9.17, 15) is 0 Å². The van der Waals surface area contributed by atoms with Gasteiger partial charge >= 0.3 is 0 Å². The summed E-state index contributed by atoms with van der Waals surface area (Å²) in [7, 11) is 1.59. The maximum Gasteiger partial charge on any atom is 0.246 e. The van der Waals surface area contributed by atoms with Crippen LogP contribution in [0.3, 0.4) is 0 Å². The summed E-state index contributed by atoms with van der Waals surface area (Å²) >= 11 is 0. The molecule has 0 unspecified atom stereocenters. The summed E-state index contributed by atoms with van der Waals surface area (Å²) in [5, 5.41) is 3.30. The van der Waals surface area contributed by atoms with E-state index >= 15 is 0 Å². The number of hydrogen-bond acceptors (Lipinski definition) is 5. The molecule has 0 aliphatic heterocycles. The third kappa shape index (κ3) is 4.08. The minimum Gasteiger partial charge on any atom is -0.481 e. The standard InChI is InChI=1S/C24H26N4O2/c1-15-10-11-17-19(14-15)27-23(25-17)26-18-12-13-21(29-5)28-22(18)30-20-9-7-6-8-16(20)24(2,3)4/h6-14H,1-5H3,(H2,25,26,27). The van der Waals surface area contributed by atoms with E-state index in [1.807, 2.05) is 36.4 Å². The summed E-state index contributed by atoms with van der Waals surface area (Å²) < 4.78 is 11.6. The Morgan fingerprint density at radius 2 is 1.77 bits per heavy atom. The van der Waals surface area contributed by atoms with Gasteiger partial charge in [-0.1, -0.05) is 45.0 Å². The Labute approximate surface area is 176 Å². The highest BCUT2D eigenvalue weighted by atomic mass is 16.5. The van der Waals surface area contributed by atoms with E-state index in [0.29, 0.717) is 23.4 Å². The SMILES string of the molecule is COc1ccc(Nc2nc3ccc(C)cc3[nH]2)c(Oc2ccccc2C(C)(C)C)n1. The van der Waals surface area contributed by atoms with Crippen LogP contribution < -0.4 is 14.8 Å². The summed E-state index contributed by atoms with van der Waals surface area (Å²) in [5.74, 6) is 2.28. The molecule has 0 radical (unpaired) electrons. The largest absolute Gasteiger partial charge is 0.481 e. The number of para-hydroxylation sites is 1. The molecule has 30 heavy (non-hydrogen) atoms. The molecule has 6 nitrogen and oxygen atoms in total. The van der Waals surface area contributed by atoms with E-state index in [0.717, 1.165) is 22.3 Å². The molecule has 2 aromatic carbocycles. The predicted octanol–water partition coefficient (Wildman–Crippen LogP) is 6.11. The van der Waals surface area contributed by atoms with Crippen LogP contribution in [0.2, 0.25) is 0 Å². The highest BCUT2D eigenvalue weighted by Crippen LogP contribution is 2.37. The van der Waals surface area contributed by atoms with Gasteiger partial charge in [-0.2, -0.15) is 4.98 Å². The number of fused-ring (bicyclic) bond motifs is 1. The molecule has 0 spiro atoms. The average molecular weight is 402 g/mol. The number of anilines is 2. The number of rotatable bonds is 5. The highest BCUT2D eigenvalue weighted by Gasteiger charge is 2.20. The van der Waals surface area contributed by atoms with E-state index in [2.05, 4.69) is 60.1 Å². The molecule has 0 fully saturated rings. The fraction of sp³-hybridized carbons (Fsp3) is 0.250. The smallest absolute Gasteiger partial charge is 0.246 e. The second-order valence-corrected chi connectivity index (χ2v) is 8.29. The number of H-pyrrole nitrogens is 1. The van der Waals surface area contributed by atoms with Crippen LogP contribution in [0.1, 0.15) is 31.9 Å². The number of nitrogens with zero attached hydrogens (tertiary/aromatic N) is 2. The molecule has 2 aromatic heterocycles. The molecule has 6 heteroatoms. The lowest BCUT2D eigenvalue weighted by Gasteiger charge is -2.23. The molecule has 4 aromatic rings. The molecule has 2 heterocycles. The van der Waals surface area contributed by atoms with Gasteiger partial charge in [-0.05, 0) is 42.2 Å². The number of ether oxygens (including phenoxy) is 2. The minimum atomic E-state index is -0.0698. The molecule has 0 saturated heterocycles. The molecule has 2 N–H and O–H groups in total. The van der Waals surface area contributed by atoms with Crippen LogP contribution in [-0.2, 0) is 5.41 Å². The molecule has 4 rings (SSSR count). The van der Waals surface area contributed by atoms with E-state index in [1.165, 1.54) is 5.56 Å². The lowest BCUT2D eigenvalue weighted by molar-refractivity contribution is 0.381. The average Bonchev–Trinajstić information content (AvgIpc) is 3.10. The minimum absolute atomic E-state index is 0.0698. The van der Waals surface area contributed by atoms with E-state index in [4.69, 9.17) is 9.47 Å². The maximum atomic E-state index is 6.28. The first-order valence-electron chi connectivity index (χ1n) is 9.89. The molecule has 0 aliphatic rings. The van der Waals surface area contributed by atoms with Gasteiger partial charge in [-0.25, -0.2) is 4.98 Å². The van der Waals surface area contributed by atoms with Crippen molar-refractivity contribution in [2.24, 2.45) is 0 Å². The molecular weight excluding hydrogens is 376 g/mol. The number of hydrogen-bond donors (Lipinski definition) is 2. The number of aromatic nitrogens is 3. The topological polar surface area (TPSA) is 72.1 Å². The van der Waals surface area contributed by atoms with Crippen molar-refractivity contribution in [2.75, 3.05) is 12.4 Å². The zero-order valence-corrected chi connectivity index (χ0v) is 17.9. The van der Waals surface area contributed by atoms with Crippen molar-refractivity contribution in [2.45, 2.75) is 33.1 Å². The van der Waals surface area contributed by atoms with Crippen molar-refractivity contribution in [1.29, 1.82) is 0 Å². The Morgan fingerprint density at radius 3 is 2.53 bits per heavy atom. The van der Waals surface area contributed by atoms with Gasteiger partial charge in [0.2, 0.25) is 17.7 Å². The van der Waals surface area contributed by atoms with E-state index < -0.39 is 0 Å². The summed E-state index contributed by atoms with van der Waals surface area (Å²) in [4.78, 5) is 12.4. The van der Waals surface area contributed by atoms with Gasteiger partial charge in [0.25, 0.3) is 0 Å². The molecule has 154 valence electrons. The Kier molecular flexibility index (Phi) is 5.08. The van der Waals surface area contributed by atoms with Crippen LogP contribution >= 0.6 is 0 Å². The van der Waals surface area contributed by atoms with Gasteiger partial charge in [0.1, 0.15) is 11.4 Å². The van der Waals surface area contributed by atoms with Gasteiger partial charge < -0.3 is 19.8 Å². The van der Waals surface area contributed by atoms with Crippen molar-refractivity contribution in [3.63, 3.8) is 0 Å². The van der Waals surface area contributed by atoms with Crippen molar-refractivity contribution >= 4 is 22.7 Å². The van der Waals surface area contributed by atoms with Gasteiger partial charge in [-0.3, -0.25) is 0 Å². The fourth-order valence-electron chi connectivity index (χ4n) is 3.30. The molecule has 0 aliphatic carbocycles. The Morgan fingerprint density at radius 1 is 0.967 bits per heavy atom. The number of nitrogens with one attached hydrogen (secondary N) is 2. The van der Waals surface area contributed by atoms with Crippen molar-refractivity contribution in [1.82, 2.24) is 15.0 Å². The monoisotopic (exact) mass is 402 g/mol. The summed E-state index contributed by atoms with van der Waals surface area (Å²) in [6, 6.07) is 17.8. The molecule has 0 bridgehead atoms. The zero-order valence-electron chi connectivity index (χ0n) is 17.9. The maximum absolute atomic E-state index is 6.28. The van der Waals surface area contributed by atoms with Crippen molar-refractivity contribution in [3.05, 3.63) is 65.7 Å². The van der Waals surface area contributed by atoms with Crippen LogP contribution in [-0.4, -0.2) is 22.1 Å². The van der Waals surface area contributed by atoms with Crippen LogP contribution in [0.25, 0.3) is 11.0 Å². The third-order valence-corrected chi connectivity index (χ3v) is 4.84. The number of benzene rings is 2. The first-order valence-corrected chi connectivity index (χ1v) is 9.89. The van der Waals surface area contributed by atoms with Gasteiger partial charge in [0, 0.05) is 11.6 Å². The molecule has 0 atom stereocenters. The van der Waals surface area contributed by atoms with Gasteiger partial charge in [-0.15, -0.1) is 0 Å². The Hall–Kier alpha value is -3.54. The first kappa shape index (κ1) is 19.8. The van der Waals surface area contributed by atoms with Crippen molar-refractivity contribution < 1.29 is 9.47 Å². The van der Waals surface area contributed by atoms with Crippen molar-refractivity contribution in [3.8, 4) is 17.5 Å². The summed E-state index contributed by atoms with van der Waals surface area (Å²) in [6.45, 7) is 8.52. The number of aromatic amines is 1.